The summed E-state index contributed by atoms with van der Waals surface area (Å²) < 4.78 is 6.19. The van der Waals surface area contributed by atoms with Crippen LogP contribution in [-0.2, 0) is 10.3 Å². The normalized spacial score (nSPS) is 11.4. The van der Waals surface area contributed by atoms with Crippen molar-refractivity contribution < 1.29 is 14.8 Å². The van der Waals surface area contributed by atoms with E-state index in [-0.39, 0.29) is 18.1 Å². The van der Waals surface area contributed by atoms with E-state index in [9.17, 15) is 10.1 Å². The Morgan fingerprint density at radius 2 is 1.40 bits per heavy atom. The molecule has 134 valence electrons. The molecule has 0 amide bonds. The maximum atomic E-state index is 11.4. The molecular formula is C20H25NO4. The first-order chi connectivity index (χ1) is 12.2. The highest BCUT2D eigenvalue weighted by molar-refractivity contribution is 5.36. The molecule has 0 aliphatic rings. The van der Waals surface area contributed by atoms with Crippen molar-refractivity contribution in [1.29, 1.82) is 0 Å². The van der Waals surface area contributed by atoms with Crippen molar-refractivity contribution >= 4 is 0 Å². The predicted octanol–water partition coefficient (Wildman–Crippen LogP) is 3.78. The van der Waals surface area contributed by atoms with Gasteiger partial charge in [0, 0.05) is 18.1 Å². The molecule has 0 atom stereocenters. The van der Waals surface area contributed by atoms with Gasteiger partial charge in [-0.15, -0.1) is 0 Å². The van der Waals surface area contributed by atoms with E-state index in [0.717, 1.165) is 36.8 Å². The summed E-state index contributed by atoms with van der Waals surface area (Å²) >= 11 is 0. The molecule has 1 N–H and O–H groups in total. The first-order valence-corrected chi connectivity index (χ1v) is 8.67. The van der Waals surface area contributed by atoms with Crippen LogP contribution in [0.2, 0.25) is 0 Å². The smallest absolute Gasteiger partial charge is 0.240 e. The molecule has 0 spiro atoms. The van der Waals surface area contributed by atoms with Crippen molar-refractivity contribution in [2.75, 3.05) is 19.8 Å². The van der Waals surface area contributed by atoms with Crippen LogP contribution in [0, 0.1) is 10.1 Å². The van der Waals surface area contributed by atoms with Crippen LogP contribution in [0.25, 0.3) is 0 Å². The molecule has 0 saturated heterocycles. The third-order valence-electron chi connectivity index (χ3n) is 4.23. The van der Waals surface area contributed by atoms with E-state index in [1.807, 2.05) is 60.7 Å². The molecule has 5 nitrogen and oxygen atoms in total. The molecule has 0 fully saturated rings. The number of rotatable bonds is 11. The van der Waals surface area contributed by atoms with E-state index in [1.165, 1.54) is 0 Å². The van der Waals surface area contributed by atoms with Crippen molar-refractivity contribution in [2.45, 2.75) is 31.3 Å². The zero-order valence-corrected chi connectivity index (χ0v) is 14.3. The molecule has 25 heavy (non-hydrogen) atoms. The van der Waals surface area contributed by atoms with Gasteiger partial charge in [0.15, 0.2) is 5.60 Å². The molecule has 2 aromatic rings. The van der Waals surface area contributed by atoms with Crippen molar-refractivity contribution in [3.63, 3.8) is 0 Å². The summed E-state index contributed by atoms with van der Waals surface area (Å²) in [4.78, 5) is 11.1. The van der Waals surface area contributed by atoms with E-state index < -0.39 is 5.60 Å². The van der Waals surface area contributed by atoms with Gasteiger partial charge in [-0.05, 0) is 24.0 Å². The van der Waals surface area contributed by atoms with Crippen LogP contribution in [0.3, 0.4) is 0 Å². The lowest BCUT2D eigenvalue weighted by Crippen LogP contribution is -2.39. The molecule has 0 unspecified atom stereocenters. The second kappa shape index (κ2) is 9.91. The Kier molecular flexibility index (Phi) is 7.57. The molecule has 0 bridgehead atoms. The lowest BCUT2D eigenvalue weighted by atomic mass is 9.86. The minimum absolute atomic E-state index is 0.195. The van der Waals surface area contributed by atoms with Crippen LogP contribution in [0.5, 0.6) is 0 Å². The number of ether oxygens (including phenoxy) is 1. The van der Waals surface area contributed by atoms with Gasteiger partial charge < -0.3 is 9.84 Å². The van der Waals surface area contributed by atoms with Crippen LogP contribution in [0.15, 0.2) is 60.7 Å². The fourth-order valence-corrected chi connectivity index (χ4v) is 2.97. The van der Waals surface area contributed by atoms with Gasteiger partial charge in [0.2, 0.25) is 6.54 Å². The van der Waals surface area contributed by atoms with Gasteiger partial charge in [-0.3, -0.25) is 10.1 Å². The van der Waals surface area contributed by atoms with E-state index in [4.69, 9.17) is 9.84 Å². The van der Waals surface area contributed by atoms with E-state index in [1.54, 1.807) is 0 Å². The molecule has 5 heteroatoms. The molecule has 0 heterocycles. The predicted molar refractivity (Wildman–Crippen MR) is 97.0 cm³/mol. The third kappa shape index (κ3) is 5.37. The summed E-state index contributed by atoms with van der Waals surface area (Å²) in [6.45, 7) is 0.306. The second-order valence-electron chi connectivity index (χ2n) is 6.04. The third-order valence-corrected chi connectivity index (χ3v) is 4.23. The van der Waals surface area contributed by atoms with Crippen molar-refractivity contribution in [1.82, 2.24) is 0 Å². The summed E-state index contributed by atoms with van der Waals surface area (Å²) in [5.41, 5.74) is 0.477. The number of aliphatic hydroxyl groups excluding tert-OH is 1. The average molecular weight is 343 g/mol. The van der Waals surface area contributed by atoms with Crippen LogP contribution in [0.1, 0.15) is 36.8 Å². The summed E-state index contributed by atoms with van der Waals surface area (Å²) in [6.07, 6.45) is 3.44. The molecule has 0 aliphatic carbocycles. The molecule has 2 rings (SSSR count). The number of aliphatic hydroxyl groups is 1. The molecule has 0 radical (unpaired) electrons. The van der Waals surface area contributed by atoms with E-state index in [0.29, 0.717) is 6.61 Å². The molecule has 0 aliphatic heterocycles. The highest BCUT2D eigenvalue weighted by atomic mass is 16.6. The Bertz CT molecular complexity index is 591. The Morgan fingerprint density at radius 1 is 0.880 bits per heavy atom. The summed E-state index contributed by atoms with van der Waals surface area (Å²) in [7, 11) is 0. The monoisotopic (exact) mass is 343 g/mol. The van der Waals surface area contributed by atoms with Gasteiger partial charge in [0.05, 0.1) is 0 Å². The average Bonchev–Trinajstić information content (AvgIpc) is 2.64. The Morgan fingerprint density at radius 3 is 1.88 bits per heavy atom. The standard InChI is InChI=1S/C20H25NO4/c22-15-9-1-2-10-16-25-20(17-21(23)24,18-11-5-3-6-12-18)19-13-7-4-8-14-19/h3-8,11-14,22H,1-2,9-10,15-17H2. The second-order valence-corrected chi connectivity index (χ2v) is 6.04. The van der Waals surface area contributed by atoms with E-state index >= 15 is 0 Å². The Hall–Kier alpha value is -2.24. The van der Waals surface area contributed by atoms with Gasteiger partial charge >= 0.3 is 0 Å². The molecule has 0 saturated carbocycles. The van der Waals surface area contributed by atoms with Crippen LogP contribution in [0.4, 0.5) is 0 Å². The number of nitro groups is 1. The van der Waals surface area contributed by atoms with Crippen LogP contribution < -0.4 is 0 Å². The number of benzene rings is 2. The lowest BCUT2D eigenvalue weighted by Gasteiger charge is -2.31. The Balaban J connectivity index is 2.26. The summed E-state index contributed by atoms with van der Waals surface area (Å²) in [5.74, 6) is 0. The highest BCUT2D eigenvalue weighted by Crippen LogP contribution is 2.34. The fourth-order valence-electron chi connectivity index (χ4n) is 2.97. The number of nitrogens with zero attached hydrogens (tertiary/aromatic N) is 1. The fraction of sp³-hybridized carbons (Fsp3) is 0.400. The first kappa shape index (κ1) is 19.1. The topological polar surface area (TPSA) is 72.6 Å². The minimum atomic E-state index is -1.09. The summed E-state index contributed by atoms with van der Waals surface area (Å²) in [5, 5.41) is 20.3. The SMILES string of the molecule is O=[N+]([O-])CC(OCCCCCCO)(c1ccccc1)c1ccccc1. The van der Waals surface area contributed by atoms with Gasteiger partial charge in [-0.25, -0.2) is 0 Å². The molecular weight excluding hydrogens is 318 g/mol. The molecule has 0 aromatic heterocycles. The Labute approximate surface area is 148 Å². The van der Waals surface area contributed by atoms with Gasteiger partial charge in [0.25, 0.3) is 0 Å². The van der Waals surface area contributed by atoms with Gasteiger partial charge in [-0.2, -0.15) is 0 Å². The maximum absolute atomic E-state index is 11.4. The number of hydrogen-bond acceptors (Lipinski definition) is 4. The number of unbranched alkanes of at least 4 members (excludes halogenated alkanes) is 3. The zero-order valence-electron chi connectivity index (χ0n) is 14.3. The van der Waals surface area contributed by atoms with Crippen molar-refractivity contribution in [2.24, 2.45) is 0 Å². The number of hydrogen-bond donors (Lipinski definition) is 1. The summed E-state index contributed by atoms with van der Waals surface area (Å²) in [6, 6.07) is 18.8. The van der Waals surface area contributed by atoms with Gasteiger partial charge in [-0.1, -0.05) is 73.5 Å². The lowest BCUT2D eigenvalue weighted by molar-refractivity contribution is -0.501. The quantitative estimate of drug-likeness (QED) is 0.383. The van der Waals surface area contributed by atoms with Crippen LogP contribution in [-0.4, -0.2) is 29.8 Å². The maximum Gasteiger partial charge on any atom is 0.240 e. The van der Waals surface area contributed by atoms with Crippen molar-refractivity contribution in [3.8, 4) is 0 Å². The van der Waals surface area contributed by atoms with Gasteiger partial charge in [0.1, 0.15) is 0 Å². The largest absolute Gasteiger partial charge is 0.396 e. The van der Waals surface area contributed by atoms with Crippen molar-refractivity contribution in [3.05, 3.63) is 81.9 Å². The zero-order chi connectivity index (χ0) is 18.0. The minimum Gasteiger partial charge on any atom is -0.396 e. The molecule has 2 aromatic carbocycles. The van der Waals surface area contributed by atoms with E-state index in [2.05, 4.69) is 0 Å². The highest BCUT2D eigenvalue weighted by Gasteiger charge is 2.40. The first-order valence-electron chi connectivity index (χ1n) is 8.67. The van der Waals surface area contributed by atoms with Crippen LogP contribution >= 0.6 is 0 Å².